The maximum atomic E-state index is 12.9. The van der Waals surface area contributed by atoms with Crippen molar-refractivity contribution in [2.45, 2.75) is 58.8 Å². The molecule has 8 heteroatoms. The summed E-state index contributed by atoms with van der Waals surface area (Å²) in [5, 5.41) is 25.2. The number of anilines is 1. The number of hydrogen-bond donors (Lipinski definition) is 1. The summed E-state index contributed by atoms with van der Waals surface area (Å²) in [6.45, 7) is 7.79. The quantitative estimate of drug-likeness (QED) is 0.773. The molecule has 0 spiro atoms. The van der Waals surface area contributed by atoms with Gasteiger partial charge in [0.15, 0.2) is 18.0 Å². The van der Waals surface area contributed by atoms with Crippen molar-refractivity contribution in [1.82, 2.24) is 9.36 Å². The van der Waals surface area contributed by atoms with Gasteiger partial charge in [-0.1, -0.05) is 32.0 Å². The number of azo groups is 1. The second-order valence-corrected chi connectivity index (χ2v) is 7.07. The molecule has 0 saturated heterocycles. The number of hydrazone groups is 1. The molecule has 150 valence electrons. The lowest BCUT2D eigenvalue weighted by molar-refractivity contribution is 0.170. The Labute approximate surface area is 164 Å². The van der Waals surface area contributed by atoms with Crippen LogP contribution >= 0.6 is 0 Å². The Morgan fingerprint density at radius 1 is 1.18 bits per heavy atom. The molecule has 2 aromatic rings. The molecular weight excluding hydrogens is 356 g/mol. The van der Waals surface area contributed by atoms with Crippen molar-refractivity contribution in [3.05, 3.63) is 46.4 Å². The van der Waals surface area contributed by atoms with E-state index in [1.165, 1.54) is 5.01 Å². The molecule has 0 fully saturated rings. The van der Waals surface area contributed by atoms with Crippen LogP contribution in [0.25, 0.3) is 0 Å². The topological polar surface area (TPSA) is 87.5 Å². The van der Waals surface area contributed by atoms with Crippen LogP contribution < -0.4 is 10.6 Å². The molecular formula is C20H28N6O2. The van der Waals surface area contributed by atoms with Crippen molar-refractivity contribution in [2.75, 3.05) is 5.01 Å². The van der Waals surface area contributed by atoms with Crippen LogP contribution in [-0.2, 0) is 7.05 Å². The Kier molecular flexibility index (Phi) is 5.79. The molecule has 1 aliphatic heterocycles. The van der Waals surface area contributed by atoms with Crippen LogP contribution in [0.4, 0.5) is 11.4 Å². The van der Waals surface area contributed by atoms with Gasteiger partial charge in [0.25, 0.3) is 5.56 Å². The summed E-state index contributed by atoms with van der Waals surface area (Å²) in [6.07, 6.45) is 0.767. The highest BCUT2D eigenvalue weighted by Crippen LogP contribution is 2.26. The third-order valence-electron chi connectivity index (χ3n) is 5.38. The van der Waals surface area contributed by atoms with Crippen LogP contribution in [0.15, 0.2) is 50.5 Å². The van der Waals surface area contributed by atoms with Gasteiger partial charge in [0.05, 0.1) is 23.1 Å². The molecule has 1 N–H and O–H groups in total. The van der Waals surface area contributed by atoms with Crippen LogP contribution in [0.2, 0.25) is 0 Å². The zero-order valence-electron chi connectivity index (χ0n) is 17.1. The molecule has 2 atom stereocenters. The fourth-order valence-electron chi connectivity index (χ4n) is 3.57. The Hall–Kier alpha value is -2.74. The minimum Gasteiger partial charge on any atom is -0.369 e. The molecule has 8 nitrogen and oxygen atoms in total. The molecule has 0 bridgehead atoms. The van der Waals surface area contributed by atoms with E-state index >= 15 is 0 Å². The Balaban J connectivity index is 1.90. The smallest absolute Gasteiger partial charge is 0.294 e. The molecule has 3 rings (SSSR count). The average Bonchev–Trinajstić information content (AvgIpc) is 3.10. The second-order valence-electron chi connectivity index (χ2n) is 7.07. The fourth-order valence-corrected chi connectivity index (χ4v) is 3.57. The zero-order chi connectivity index (χ0) is 20.4. The minimum absolute atomic E-state index is 0.120. The SMILES string of the molecule is CCC(CC)n1c(=O)c(N=NC2C(C)=NN(c3ccccc3)C2O)c(C)n1C. The van der Waals surface area contributed by atoms with Crippen LogP contribution in [0.5, 0.6) is 0 Å². The van der Waals surface area contributed by atoms with E-state index in [2.05, 4.69) is 29.2 Å². The first kappa shape index (κ1) is 20.0. The predicted molar refractivity (Wildman–Crippen MR) is 110 cm³/mol. The first-order valence-corrected chi connectivity index (χ1v) is 9.67. The van der Waals surface area contributed by atoms with Gasteiger partial charge < -0.3 is 5.11 Å². The standard InChI is InChI=1S/C20H28N6O2/c1-6-15(7-2)26-20(28)18(14(4)24(26)5)22-21-17-13(3)23-25(19(17)27)16-11-9-8-10-12-16/h8-12,15,17,19,27H,6-7H2,1-5H3. The van der Waals surface area contributed by atoms with Crippen molar-refractivity contribution in [3.8, 4) is 0 Å². The van der Waals surface area contributed by atoms with Gasteiger partial charge in [-0.15, -0.1) is 5.11 Å². The van der Waals surface area contributed by atoms with E-state index in [4.69, 9.17) is 0 Å². The van der Waals surface area contributed by atoms with Crippen LogP contribution in [0, 0.1) is 6.92 Å². The molecule has 2 heterocycles. The maximum absolute atomic E-state index is 12.9. The molecule has 1 aliphatic rings. The summed E-state index contributed by atoms with van der Waals surface area (Å²) < 4.78 is 3.59. The monoisotopic (exact) mass is 384 g/mol. The van der Waals surface area contributed by atoms with Gasteiger partial charge in [0.2, 0.25) is 0 Å². The normalized spacial score (nSPS) is 19.8. The summed E-state index contributed by atoms with van der Waals surface area (Å²) in [4.78, 5) is 12.9. The maximum Gasteiger partial charge on any atom is 0.294 e. The van der Waals surface area contributed by atoms with E-state index in [-0.39, 0.29) is 11.6 Å². The highest BCUT2D eigenvalue weighted by Gasteiger charge is 2.35. The lowest BCUT2D eigenvalue weighted by Gasteiger charge is -2.20. The van der Waals surface area contributed by atoms with E-state index in [1.54, 1.807) is 11.6 Å². The molecule has 1 aromatic heterocycles. The predicted octanol–water partition coefficient (Wildman–Crippen LogP) is 3.52. The first-order chi connectivity index (χ1) is 13.4. The Morgan fingerprint density at radius 3 is 2.43 bits per heavy atom. The second kappa shape index (κ2) is 8.10. The molecule has 1 aromatic carbocycles. The number of para-hydroxylation sites is 1. The Bertz CT molecular complexity index is 940. The first-order valence-electron chi connectivity index (χ1n) is 9.67. The van der Waals surface area contributed by atoms with Gasteiger partial charge in [-0.25, -0.2) is 9.69 Å². The largest absolute Gasteiger partial charge is 0.369 e. The van der Waals surface area contributed by atoms with Crippen molar-refractivity contribution >= 4 is 17.1 Å². The van der Waals surface area contributed by atoms with Crippen molar-refractivity contribution < 1.29 is 5.11 Å². The van der Waals surface area contributed by atoms with Gasteiger partial charge in [-0.3, -0.25) is 9.48 Å². The number of aliphatic hydroxyl groups excluding tert-OH is 1. The van der Waals surface area contributed by atoms with E-state index in [9.17, 15) is 9.90 Å². The summed E-state index contributed by atoms with van der Waals surface area (Å²) in [7, 11) is 1.86. The van der Waals surface area contributed by atoms with E-state index < -0.39 is 12.3 Å². The number of benzene rings is 1. The van der Waals surface area contributed by atoms with Crippen molar-refractivity contribution in [1.29, 1.82) is 0 Å². The third kappa shape index (κ3) is 3.40. The lowest BCUT2D eigenvalue weighted by Crippen LogP contribution is -2.35. The molecule has 2 unspecified atom stereocenters. The summed E-state index contributed by atoms with van der Waals surface area (Å²) in [5.74, 6) is 0. The lowest BCUT2D eigenvalue weighted by atomic mass is 10.2. The van der Waals surface area contributed by atoms with E-state index in [1.807, 2.05) is 49.0 Å². The average molecular weight is 384 g/mol. The number of aromatic nitrogens is 2. The van der Waals surface area contributed by atoms with Gasteiger partial charge in [0, 0.05) is 7.05 Å². The van der Waals surface area contributed by atoms with Gasteiger partial charge >= 0.3 is 0 Å². The molecule has 28 heavy (non-hydrogen) atoms. The van der Waals surface area contributed by atoms with Crippen LogP contribution in [0.3, 0.4) is 0 Å². The minimum atomic E-state index is -0.962. The van der Waals surface area contributed by atoms with E-state index in [0.717, 1.165) is 24.2 Å². The summed E-state index contributed by atoms with van der Waals surface area (Å²) in [6, 6.07) is 8.91. The summed E-state index contributed by atoms with van der Waals surface area (Å²) in [5.41, 5.74) is 2.34. The highest BCUT2D eigenvalue weighted by molar-refractivity contribution is 5.91. The third-order valence-corrected chi connectivity index (χ3v) is 5.38. The molecule has 0 radical (unpaired) electrons. The number of nitrogens with zero attached hydrogens (tertiary/aromatic N) is 6. The highest BCUT2D eigenvalue weighted by atomic mass is 16.3. The van der Waals surface area contributed by atoms with Crippen molar-refractivity contribution in [3.63, 3.8) is 0 Å². The number of rotatable bonds is 6. The van der Waals surface area contributed by atoms with E-state index in [0.29, 0.717) is 11.4 Å². The number of aliphatic hydroxyl groups is 1. The molecule has 0 amide bonds. The zero-order valence-corrected chi connectivity index (χ0v) is 17.1. The fraction of sp³-hybridized carbons (Fsp3) is 0.500. The van der Waals surface area contributed by atoms with Gasteiger partial charge in [0.1, 0.15) is 0 Å². The molecule has 0 aliphatic carbocycles. The van der Waals surface area contributed by atoms with Gasteiger partial charge in [-0.05, 0) is 38.8 Å². The number of hydrogen-bond acceptors (Lipinski definition) is 6. The van der Waals surface area contributed by atoms with Crippen LogP contribution in [0.1, 0.15) is 45.3 Å². The summed E-state index contributed by atoms with van der Waals surface area (Å²) >= 11 is 0. The van der Waals surface area contributed by atoms with Crippen LogP contribution in [-0.4, -0.2) is 32.5 Å². The van der Waals surface area contributed by atoms with Crippen molar-refractivity contribution in [2.24, 2.45) is 22.4 Å². The Morgan fingerprint density at radius 2 is 1.82 bits per heavy atom. The van der Waals surface area contributed by atoms with Gasteiger partial charge in [-0.2, -0.15) is 10.2 Å². The molecule has 0 saturated carbocycles.